The van der Waals surface area contributed by atoms with E-state index in [0.717, 1.165) is 12.8 Å². The molecule has 0 spiro atoms. The minimum Gasteiger partial charge on any atom is -0.398 e. The van der Waals surface area contributed by atoms with Crippen LogP contribution in [-0.2, 0) is 10.0 Å². The van der Waals surface area contributed by atoms with Crippen molar-refractivity contribution in [2.75, 3.05) is 5.73 Å². The summed E-state index contributed by atoms with van der Waals surface area (Å²) in [6.07, 6.45) is 3.45. The Bertz CT molecular complexity index is 897. The highest BCUT2D eigenvalue weighted by atomic mass is 32.2. The molecule has 3 rings (SSSR count). The molecule has 156 valence electrons. The Morgan fingerprint density at radius 3 is 2.39 bits per heavy atom. The van der Waals surface area contributed by atoms with Crippen molar-refractivity contribution >= 4 is 21.6 Å². The average Bonchev–Trinajstić information content (AvgIpc) is 3.00. The van der Waals surface area contributed by atoms with Crippen LogP contribution in [0.15, 0.2) is 23.1 Å². The molecule has 2 aliphatic carbocycles. The fourth-order valence-corrected chi connectivity index (χ4v) is 6.82. The Labute approximate surface area is 168 Å². The van der Waals surface area contributed by atoms with Crippen molar-refractivity contribution < 1.29 is 13.2 Å². The lowest BCUT2D eigenvalue weighted by Gasteiger charge is -2.43. The minimum absolute atomic E-state index is 0.0269. The first-order valence-electron chi connectivity index (χ1n) is 9.90. The highest BCUT2D eigenvalue weighted by molar-refractivity contribution is 7.89. The number of amides is 1. The van der Waals surface area contributed by atoms with Gasteiger partial charge in [0.1, 0.15) is 4.90 Å². The Morgan fingerprint density at radius 2 is 1.86 bits per heavy atom. The third kappa shape index (κ3) is 3.66. The summed E-state index contributed by atoms with van der Waals surface area (Å²) in [6, 6.07) is 4.52. The van der Waals surface area contributed by atoms with Gasteiger partial charge in [0.05, 0.1) is 5.69 Å². The second-order valence-electron chi connectivity index (χ2n) is 10.4. The molecule has 0 heterocycles. The van der Waals surface area contributed by atoms with Crippen LogP contribution in [-0.4, -0.2) is 25.9 Å². The van der Waals surface area contributed by atoms with Gasteiger partial charge in [-0.15, -0.1) is 0 Å². The Kier molecular flexibility index (Phi) is 4.87. The molecule has 1 aromatic rings. The molecule has 2 saturated carbocycles. The van der Waals surface area contributed by atoms with Crippen LogP contribution in [0.4, 0.5) is 5.69 Å². The van der Waals surface area contributed by atoms with Gasteiger partial charge in [-0.2, -0.15) is 0 Å². The standard InChI is InChI=1S/C21H33N3O3S/c1-19(2,3)24-28(26,27)16-11-13(7-8-15(16)22)17(25)23-18-20(4,5)14-9-10-21(18,6)12-14/h7-8,11,14,18,24H,9-10,12,22H2,1-6H3,(H,23,25)/t14-,18?,21-/m1/s1. The van der Waals surface area contributed by atoms with Crippen LogP contribution < -0.4 is 15.8 Å². The van der Waals surface area contributed by atoms with Gasteiger partial charge in [0, 0.05) is 17.1 Å². The van der Waals surface area contributed by atoms with Crippen LogP contribution in [0, 0.1) is 16.7 Å². The van der Waals surface area contributed by atoms with Crippen LogP contribution in [0.5, 0.6) is 0 Å². The van der Waals surface area contributed by atoms with E-state index in [-0.39, 0.29) is 33.4 Å². The Balaban J connectivity index is 1.88. The first-order chi connectivity index (χ1) is 12.7. The summed E-state index contributed by atoms with van der Waals surface area (Å²) in [5.74, 6) is 0.361. The summed E-state index contributed by atoms with van der Waals surface area (Å²) in [5.41, 5.74) is 5.83. The van der Waals surface area contributed by atoms with E-state index < -0.39 is 15.6 Å². The van der Waals surface area contributed by atoms with Gasteiger partial charge in [-0.05, 0) is 75.0 Å². The van der Waals surface area contributed by atoms with Gasteiger partial charge in [-0.1, -0.05) is 20.8 Å². The van der Waals surface area contributed by atoms with Gasteiger partial charge in [0.15, 0.2) is 0 Å². The molecule has 6 nitrogen and oxygen atoms in total. The van der Waals surface area contributed by atoms with Crippen LogP contribution >= 0.6 is 0 Å². The molecule has 0 saturated heterocycles. The average molecular weight is 408 g/mol. The van der Waals surface area contributed by atoms with Crippen LogP contribution in [0.3, 0.4) is 0 Å². The van der Waals surface area contributed by atoms with Crippen molar-refractivity contribution in [3.8, 4) is 0 Å². The lowest BCUT2D eigenvalue weighted by atomic mass is 9.68. The maximum atomic E-state index is 13.0. The highest BCUT2D eigenvalue weighted by Crippen LogP contribution is 2.62. The number of anilines is 1. The molecule has 3 atom stereocenters. The lowest BCUT2D eigenvalue weighted by molar-refractivity contribution is 0.0737. The van der Waals surface area contributed by atoms with E-state index in [1.54, 1.807) is 26.8 Å². The zero-order valence-electron chi connectivity index (χ0n) is 17.7. The summed E-state index contributed by atoms with van der Waals surface area (Å²) in [7, 11) is -3.83. The van der Waals surface area contributed by atoms with Gasteiger partial charge in [0.2, 0.25) is 10.0 Å². The zero-order chi connectivity index (χ0) is 21.1. The van der Waals surface area contributed by atoms with Gasteiger partial charge in [-0.3, -0.25) is 4.79 Å². The van der Waals surface area contributed by atoms with E-state index in [1.807, 2.05) is 0 Å². The third-order valence-corrected chi connectivity index (χ3v) is 8.36. The lowest BCUT2D eigenvalue weighted by Crippen LogP contribution is -2.52. The SMILES string of the molecule is CC(C)(C)NS(=O)(=O)c1cc(C(=O)NC2C(C)(C)[C@@H]3CC[C@]2(C)C3)ccc1N. The molecule has 2 fully saturated rings. The summed E-state index contributed by atoms with van der Waals surface area (Å²) in [4.78, 5) is 13.0. The van der Waals surface area contributed by atoms with Crippen LogP contribution in [0.2, 0.25) is 0 Å². The largest absolute Gasteiger partial charge is 0.398 e. The molecule has 0 radical (unpaired) electrons. The van der Waals surface area contributed by atoms with E-state index in [0.29, 0.717) is 11.5 Å². The number of rotatable bonds is 4. The Hall–Kier alpha value is -1.60. The van der Waals surface area contributed by atoms with Crippen molar-refractivity contribution in [1.29, 1.82) is 0 Å². The van der Waals surface area contributed by atoms with Crippen molar-refractivity contribution in [3.05, 3.63) is 23.8 Å². The second kappa shape index (κ2) is 6.46. The molecular weight excluding hydrogens is 374 g/mol. The second-order valence-corrected chi connectivity index (χ2v) is 12.1. The van der Waals surface area contributed by atoms with Crippen molar-refractivity contribution in [3.63, 3.8) is 0 Å². The van der Waals surface area contributed by atoms with E-state index in [1.165, 1.54) is 18.6 Å². The fourth-order valence-electron chi connectivity index (χ4n) is 5.24. The number of fused-ring (bicyclic) bond motifs is 2. The molecule has 0 aromatic heterocycles. The number of hydrogen-bond donors (Lipinski definition) is 3. The maximum Gasteiger partial charge on any atom is 0.251 e. The van der Waals surface area contributed by atoms with E-state index in [9.17, 15) is 13.2 Å². The smallest absolute Gasteiger partial charge is 0.251 e. The van der Waals surface area contributed by atoms with Crippen molar-refractivity contribution in [2.24, 2.45) is 16.7 Å². The molecule has 1 amide bonds. The number of nitrogens with two attached hydrogens (primary N) is 1. The first kappa shape index (κ1) is 21.1. The topological polar surface area (TPSA) is 101 Å². The number of hydrogen-bond acceptors (Lipinski definition) is 4. The van der Waals surface area contributed by atoms with Gasteiger partial charge in [-0.25, -0.2) is 13.1 Å². The summed E-state index contributed by atoms with van der Waals surface area (Å²) in [6.45, 7) is 12.0. The Morgan fingerprint density at radius 1 is 1.21 bits per heavy atom. The van der Waals surface area contributed by atoms with Crippen molar-refractivity contribution in [1.82, 2.24) is 10.0 Å². The molecule has 2 aliphatic rings. The van der Waals surface area contributed by atoms with Gasteiger partial charge >= 0.3 is 0 Å². The quantitative estimate of drug-likeness (QED) is 0.667. The summed E-state index contributed by atoms with van der Waals surface area (Å²) >= 11 is 0. The van der Waals surface area contributed by atoms with Gasteiger partial charge in [0.25, 0.3) is 5.91 Å². The number of carbonyl (C=O) groups is 1. The van der Waals surface area contributed by atoms with Crippen molar-refractivity contribution in [2.45, 2.75) is 77.3 Å². The molecule has 0 aliphatic heterocycles. The molecule has 28 heavy (non-hydrogen) atoms. The summed E-state index contributed by atoms with van der Waals surface area (Å²) < 4.78 is 28.0. The normalized spacial score (nSPS) is 29.1. The fraction of sp³-hybridized carbons (Fsp3) is 0.667. The predicted molar refractivity (Wildman–Crippen MR) is 111 cm³/mol. The number of nitrogens with one attached hydrogen (secondary N) is 2. The number of carbonyl (C=O) groups excluding carboxylic acids is 1. The third-order valence-electron chi connectivity index (χ3n) is 6.55. The molecule has 2 bridgehead atoms. The van der Waals surface area contributed by atoms with Crippen LogP contribution in [0.1, 0.15) is 71.2 Å². The highest BCUT2D eigenvalue weighted by Gasteiger charge is 2.59. The zero-order valence-corrected chi connectivity index (χ0v) is 18.5. The van der Waals surface area contributed by atoms with E-state index in [2.05, 4.69) is 30.8 Å². The number of sulfonamides is 1. The molecule has 1 aromatic carbocycles. The summed E-state index contributed by atoms with van der Waals surface area (Å²) in [5, 5.41) is 3.21. The predicted octanol–water partition coefficient (Wildman–Crippen LogP) is 3.29. The molecule has 7 heteroatoms. The van der Waals surface area contributed by atoms with Crippen LogP contribution in [0.25, 0.3) is 0 Å². The monoisotopic (exact) mass is 407 g/mol. The molecular formula is C21H33N3O3S. The van der Waals surface area contributed by atoms with Gasteiger partial charge < -0.3 is 11.1 Å². The molecule has 1 unspecified atom stereocenters. The first-order valence-corrected chi connectivity index (χ1v) is 11.4. The number of nitrogen functional groups attached to an aromatic ring is 1. The molecule has 4 N–H and O–H groups in total. The van der Waals surface area contributed by atoms with E-state index in [4.69, 9.17) is 5.73 Å². The number of benzene rings is 1. The van der Waals surface area contributed by atoms with E-state index >= 15 is 0 Å². The minimum atomic E-state index is -3.83. The maximum absolute atomic E-state index is 13.0.